The number of thiazole rings is 1. The second-order valence-corrected chi connectivity index (χ2v) is 7.67. The van der Waals surface area contributed by atoms with Gasteiger partial charge >= 0.3 is 0 Å². The van der Waals surface area contributed by atoms with E-state index in [1.165, 1.54) is 24.0 Å². The highest BCUT2D eigenvalue weighted by atomic mass is 32.1. The van der Waals surface area contributed by atoms with Crippen LogP contribution in [0.3, 0.4) is 0 Å². The van der Waals surface area contributed by atoms with Gasteiger partial charge in [-0.1, -0.05) is 18.6 Å². The Kier molecular flexibility index (Phi) is 3.21. The molecule has 3 atom stereocenters. The van der Waals surface area contributed by atoms with Crippen molar-refractivity contribution in [3.63, 3.8) is 0 Å². The number of rotatable bonds is 3. The Balaban J connectivity index is 1.47. The summed E-state index contributed by atoms with van der Waals surface area (Å²) in [4.78, 5) is 19.2. The minimum atomic E-state index is 0.281. The van der Waals surface area contributed by atoms with Gasteiger partial charge in [-0.25, -0.2) is 4.98 Å². The number of nitrogens with zero attached hydrogens (tertiary/aromatic N) is 2. The largest absolute Gasteiger partial charge is 0.339 e. The molecule has 2 bridgehead atoms. The first kappa shape index (κ1) is 13.3. The number of carbonyl (C=O) groups excluding carboxylic acids is 1. The van der Waals surface area contributed by atoms with Gasteiger partial charge in [-0.05, 0) is 43.2 Å². The van der Waals surface area contributed by atoms with E-state index >= 15 is 0 Å². The lowest BCUT2D eigenvalue weighted by Gasteiger charge is -2.26. The highest BCUT2D eigenvalue weighted by Gasteiger charge is 2.43. The van der Waals surface area contributed by atoms with Crippen LogP contribution in [-0.4, -0.2) is 22.8 Å². The van der Waals surface area contributed by atoms with E-state index in [0.717, 1.165) is 22.9 Å². The van der Waals surface area contributed by atoms with Crippen LogP contribution in [0, 0.1) is 17.8 Å². The van der Waals surface area contributed by atoms with Gasteiger partial charge in [0.2, 0.25) is 5.91 Å². The summed E-state index contributed by atoms with van der Waals surface area (Å²) < 4.78 is 1.20. The Hall–Kier alpha value is -1.42. The third kappa shape index (κ3) is 2.35. The van der Waals surface area contributed by atoms with Gasteiger partial charge in [-0.3, -0.25) is 4.79 Å². The molecule has 1 aromatic heterocycles. The Bertz CT molecular complexity index is 647. The molecule has 2 aromatic rings. The fourth-order valence-electron chi connectivity index (χ4n) is 4.10. The van der Waals surface area contributed by atoms with Crippen LogP contribution in [-0.2, 0) is 11.3 Å². The molecule has 0 saturated heterocycles. The van der Waals surface area contributed by atoms with E-state index in [2.05, 4.69) is 11.1 Å². The first-order chi connectivity index (χ1) is 10.2. The van der Waals surface area contributed by atoms with Crippen LogP contribution >= 0.6 is 11.3 Å². The van der Waals surface area contributed by atoms with Crippen LogP contribution in [0.25, 0.3) is 10.2 Å². The molecule has 2 aliphatic rings. The molecule has 3 unspecified atom stereocenters. The lowest BCUT2D eigenvalue weighted by molar-refractivity contribution is -0.136. The highest BCUT2D eigenvalue weighted by Crippen LogP contribution is 2.48. The summed E-state index contributed by atoms with van der Waals surface area (Å²) in [7, 11) is 1.93. The summed E-state index contributed by atoms with van der Waals surface area (Å²) in [5, 5.41) is 1.04. The lowest BCUT2D eigenvalue weighted by atomic mass is 9.88. The van der Waals surface area contributed by atoms with Crippen molar-refractivity contribution < 1.29 is 4.79 Å². The third-order valence-electron chi connectivity index (χ3n) is 5.14. The molecule has 21 heavy (non-hydrogen) atoms. The van der Waals surface area contributed by atoms with E-state index in [0.29, 0.717) is 18.4 Å². The predicted molar refractivity (Wildman–Crippen MR) is 85.0 cm³/mol. The predicted octanol–water partition coefficient (Wildman–Crippen LogP) is 3.69. The van der Waals surface area contributed by atoms with Gasteiger partial charge in [0, 0.05) is 13.0 Å². The molecule has 4 heteroatoms. The van der Waals surface area contributed by atoms with E-state index < -0.39 is 0 Å². The van der Waals surface area contributed by atoms with Crippen molar-refractivity contribution >= 4 is 27.5 Å². The quantitative estimate of drug-likeness (QED) is 0.866. The van der Waals surface area contributed by atoms with E-state index in [1.807, 2.05) is 30.1 Å². The molecular formula is C17H20N2OS. The van der Waals surface area contributed by atoms with E-state index in [-0.39, 0.29) is 5.92 Å². The molecule has 2 saturated carbocycles. The standard InChI is InChI=1S/C17H20N2OS/c1-19(17(20)13-9-11-6-7-12(13)8-11)10-16-18-14-4-2-3-5-15(14)21-16/h2-5,11-13H,6-10H2,1H3. The summed E-state index contributed by atoms with van der Waals surface area (Å²) in [5.41, 5.74) is 1.04. The molecule has 0 N–H and O–H groups in total. The highest BCUT2D eigenvalue weighted by molar-refractivity contribution is 7.18. The van der Waals surface area contributed by atoms with Crippen LogP contribution in [0.1, 0.15) is 30.7 Å². The summed E-state index contributed by atoms with van der Waals surface area (Å²) in [6, 6.07) is 8.17. The van der Waals surface area contributed by atoms with Crippen LogP contribution < -0.4 is 0 Å². The lowest BCUT2D eigenvalue weighted by Crippen LogP contribution is -2.35. The van der Waals surface area contributed by atoms with E-state index in [4.69, 9.17) is 0 Å². The summed E-state index contributed by atoms with van der Waals surface area (Å²) >= 11 is 1.70. The van der Waals surface area contributed by atoms with Crippen LogP contribution in [0.4, 0.5) is 0 Å². The first-order valence-electron chi connectivity index (χ1n) is 7.80. The molecule has 1 aromatic carbocycles. The van der Waals surface area contributed by atoms with Crippen molar-refractivity contribution in [2.75, 3.05) is 7.05 Å². The Morgan fingerprint density at radius 1 is 1.33 bits per heavy atom. The number of fused-ring (bicyclic) bond motifs is 3. The molecular weight excluding hydrogens is 280 g/mol. The summed E-state index contributed by atoms with van der Waals surface area (Å²) in [5.74, 6) is 2.09. The molecule has 2 aliphatic carbocycles. The molecule has 3 nitrogen and oxygen atoms in total. The number of amides is 1. The van der Waals surface area contributed by atoms with Crippen molar-refractivity contribution in [3.8, 4) is 0 Å². The number of hydrogen-bond acceptors (Lipinski definition) is 3. The number of aromatic nitrogens is 1. The molecule has 0 radical (unpaired) electrons. The summed E-state index contributed by atoms with van der Waals surface area (Å²) in [6.45, 7) is 0.645. The first-order valence-corrected chi connectivity index (χ1v) is 8.62. The average Bonchev–Trinajstić information content (AvgIpc) is 3.20. The maximum atomic E-state index is 12.7. The van der Waals surface area contributed by atoms with Gasteiger partial charge in [0.25, 0.3) is 0 Å². The van der Waals surface area contributed by atoms with Gasteiger partial charge in [-0.15, -0.1) is 11.3 Å². The Morgan fingerprint density at radius 3 is 2.90 bits per heavy atom. The minimum Gasteiger partial charge on any atom is -0.339 e. The number of benzene rings is 1. The number of para-hydroxylation sites is 1. The van der Waals surface area contributed by atoms with Crippen molar-refractivity contribution in [1.29, 1.82) is 0 Å². The van der Waals surface area contributed by atoms with Crippen LogP contribution in [0.15, 0.2) is 24.3 Å². The van der Waals surface area contributed by atoms with Crippen LogP contribution in [0.2, 0.25) is 0 Å². The molecule has 0 aliphatic heterocycles. The second kappa shape index (κ2) is 5.09. The topological polar surface area (TPSA) is 33.2 Å². The monoisotopic (exact) mass is 300 g/mol. The fraction of sp³-hybridized carbons (Fsp3) is 0.529. The molecule has 110 valence electrons. The summed E-state index contributed by atoms with van der Waals surface area (Å²) in [6.07, 6.45) is 5.01. The Labute approximate surface area is 129 Å². The van der Waals surface area contributed by atoms with Crippen molar-refractivity contribution in [1.82, 2.24) is 9.88 Å². The van der Waals surface area contributed by atoms with E-state index in [1.54, 1.807) is 11.3 Å². The number of hydrogen-bond donors (Lipinski definition) is 0. The molecule has 0 spiro atoms. The maximum absolute atomic E-state index is 12.7. The normalized spacial score (nSPS) is 27.4. The SMILES string of the molecule is CN(Cc1nc2ccccc2s1)C(=O)C1CC2CCC1C2. The zero-order valence-electron chi connectivity index (χ0n) is 12.3. The zero-order valence-corrected chi connectivity index (χ0v) is 13.1. The zero-order chi connectivity index (χ0) is 14.4. The Morgan fingerprint density at radius 2 is 2.19 bits per heavy atom. The fourth-order valence-corrected chi connectivity index (χ4v) is 5.12. The number of carbonyl (C=O) groups is 1. The van der Waals surface area contributed by atoms with E-state index in [9.17, 15) is 4.79 Å². The van der Waals surface area contributed by atoms with Crippen molar-refractivity contribution in [2.24, 2.45) is 17.8 Å². The molecule has 4 rings (SSSR count). The maximum Gasteiger partial charge on any atom is 0.226 e. The average molecular weight is 300 g/mol. The van der Waals surface area contributed by atoms with Crippen molar-refractivity contribution in [2.45, 2.75) is 32.2 Å². The molecule has 1 amide bonds. The van der Waals surface area contributed by atoms with Gasteiger partial charge in [-0.2, -0.15) is 0 Å². The minimum absolute atomic E-state index is 0.281. The van der Waals surface area contributed by atoms with Gasteiger partial charge in [0.15, 0.2) is 0 Å². The van der Waals surface area contributed by atoms with Gasteiger partial charge in [0.05, 0.1) is 16.8 Å². The van der Waals surface area contributed by atoms with Gasteiger partial charge in [0.1, 0.15) is 5.01 Å². The smallest absolute Gasteiger partial charge is 0.226 e. The van der Waals surface area contributed by atoms with Crippen molar-refractivity contribution in [3.05, 3.63) is 29.3 Å². The molecule has 1 heterocycles. The second-order valence-electron chi connectivity index (χ2n) is 6.55. The van der Waals surface area contributed by atoms with Gasteiger partial charge < -0.3 is 4.90 Å². The third-order valence-corrected chi connectivity index (χ3v) is 6.16. The van der Waals surface area contributed by atoms with Crippen LogP contribution in [0.5, 0.6) is 0 Å². The molecule has 2 fully saturated rings.